The summed E-state index contributed by atoms with van der Waals surface area (Å²) in [5.41, 5.74) is -13.5. The van der Waals surface area contributed by atoms with Gasteiger partial charge >= 0.3 is 0 Å². The zero-order valence-corrected chi connectivity index (χ0v) is 28.4. The number of benzene rings is 5. The van der Waals surface area contributed by atoms with Crippen molar-refractivity contribution in [1.29, 1.82) is 0 Å². The summed E-state index contributed by atoms with van der Waals surface area (Å²) < 4.78 is 294. The second-order valence-electron chi connectivity index (χ2n) is 11.7. The number of hydrogen-bond acceptors (Lipinski definition) is 1. The minimum atomic E-state index is -7.22. The Labute approximate surface area is 307 Å². The van der Waals surface area contributed by atoms with Crippen molar-refractivity contribution in [3.8, 4) is 0 Å². The van der Waals surface area contributed by atoms with Crippen LogP contribution < -0.4 is 21.9 Å². The van der Waals surface area contributed by atoms with Crippen molar-refractivity contribution in [2.75, 3.05) is 18.3 Å². The van der Waals surface area contributed by atoms with Crippen LogP contribution in [0.1, 0.15) is 10.4 Å². The minimum Gasteiger partial charge on any atom is -0.289 e. The van der Waals surface area contributed by atoms with Crippen LogP contribution in [0.5, 0.6) is 0 Å². The topological polar surface area (TPSA) is 17.1 Å². The van der Waals surface area contributed by atoms with Crippen molar-refractivity contribution in [3.63, 3.8) is 0 Å². The summed E-state index contributed by atoms with van der Waals surface area (Å²) in [6.45, 7) is 0. The lowest BCUT2D eigenvalue weighted by atomic mass is 9.12. The van der Waals surface area contributed by atoms with E-state index < -0.39 is 144 Å². The monoisotopic (exact) mass is 860 g/mol. The van der Waals surface area contributed by atoms with Gasteiger partial charge in [-0.15, -0.1) is 21.9 Å². The Morgan fingerprint density at radius 1 is 0.368 bits per heavy atom. The Morgan fingerprint density at radius 3 is 0.754 bits per heavy atom. The Bertz CT molecular complexity index is 2060. The molecule has 5 aromatic carbocycles. The molecule has 0 aromatic heterocycles. The molecule has 0 aliphatic heterocycles. The van der Waals surface area contributed by atoms with Gasteiger partial charge in [0, 0.05) is 5.56 Å². The highest BCUT2D eigenvalue weighted by Crippen LogP contribution is 2.30. The third kappa shape index (κ3) is 7.07. The van der Waals surface area contributed by atoms with Crippen LogP contribution in [0.4, 0.5) is 87.8 Å². The van der Waals surface area contributed by atoms with E-state index in [1.165, 1.54) is 0 Å². The largest absolute Gasteiger partial charge is 0.289 e. The molecule has 0 amide bonds. The van der Waals surface area contributed by atoms with Crippen molar-refractivity contribution >= 4 is 44.7 Å². The van der Waals surface area contributed by atoms with Gasteiger partial charge in [0.15, 0.2) is 75.6 Å². The third-order valence-electron chi connectivity index (χ3n) is 8.22. The summed E-state index contributed by atoms with van der Waals surface area (Å²) in [4.78, 5) is 11.5. The zero-order valence-electron chi connectivity index (χ0n) is 27.5. The molecule has 0 aliphatic carbocycles. The molecule has 0 saturated heterocycles. The number of halogens is 20. The van der Waals surface area contributed by atoms with Gasteiger partial charge in [0.2, 0.25) is 5.78 Å². The van der Waals surface area contributed by atoms with E-state index in [0.29, 0.717) is 5.75 Å². The maximum atomic E-state index is 15.4. The first kappa shape index (κ1) is 44.5. The lowest BCUT2D eigenvalue weighted by molar-refractivity contribution is 0.102. The molecule has 23 heteroatoms. The SMILES string of the molecule is C[S+](C)CC(=O)c1ccccc1.Fc1c(F)c(F)c([B-](c2c(F)c(F)c(F)c(F)c2F)(c2c(F)c(F)c(F)c(F)c2F)c2c(F)c(F)c(F)c(F)c2F)c(F)c1F. The minimum absolute atomic E-state index is 0.204. The van der Waals surface area contributed by atoms with Crippen molar-refractivity contribution < 1.29 is 92.6 Å². The summed E-state index contributed by atoms with van der Waals surface area (Å²) in [7, 11) is 0.204. The maximum Gasteiger partial charge on any atom is 0.211 e. The molecule has 0 aliphatic rings. The Kier molecular flexibility index (Phi) is 12.8. The molecule has 5 aromatic rings. The van der Waals surface area contributed by atoms with Gasteiger partial charge in [0.25, 0.3) is 0 Å². The Balaban J connectivity index is 0.000000512. The molecule has 5 rings (SSSR count). The van der Waals surface area contributed by atoms with E-state index in [-0.39, 0.29) is 16.7 Å². The number of carbonyl (C=O) groups excluding carboxylic acids is 1. The number of ketones is 1. The van der Waals surface area contributed by atoms with Gasteiger partial charge < -0.3 is 0 Å². The van der Waals surface area contributed by atoms with E-state index in [1.807, 2.05) is 30.3 Å². The van der Waals surface area contributed by atoms with Gasteiger partial charge in [-0.05, 0) is 10.9 Å². The zero-order chi connectivity index (χ0) is 43.3. The summed E-state index contributed by atoms with van der Waals surface area (Å²) in [5, 5.41) is 0. The van der Waals surface area contributed by atoms with E-state index in [1.54, 1.807) is 0 Å². The Hall–Kier alpha value is -5.22. The van der Waals surface area contributed by atoms with E-state index >= 15 is 35.1 Å². The van der Waals surface area contributed by atoms with E-state index in [4.69, 9.17) is 0 Å². The second kappa shape index (κ2) is 16.3. The average molecular weight is 860 g/mol. The van der Waals surface area contributed by atoms with Crippen molar-refractivity contribution in [2.24, 2.45) is 0 Å². The standard InChI is InChI=1S/C24BF20.C10H13OS/c26-5-1(6(27)14(35)21(42)13(5)34)25(2-7(28)15(36)22(43)16(37)8(2)29,3-9(30)17(38)23(44)18(39)10(3)31)4-11(32)19(40)24(45)20(41)12(4)33;1-12(2)8-10(11)9-6-4-3-5-7-9/h;3-7H,8H2,1-2H3/q-1;+1. The quantitative estimate of drug-likeness (QED) is 0.0412. The van der Waals surface area contributed by atoms with Gasteiger partial charge in [-0.2, -0.15) is 0 Å². The van der Waals surface area contributed by atoms with Crippen LogP contribution in [-0.4, -0.2) is 30.2 Å². The highest BCUT2D eigenvalue weighted by molar-refractivity contribution is 7.96. The molecule has 0 unspecified atom stereocenters. The van der Waals surface area contributed by atoms with E-state index in [0.717, 1.165) is 5.56 Å². The molecule has 0 atom stereocenters. The first-order valence-electron chi connectivity index (χ1n) is 14.8. The first-order valence-corrected chi connectivity index (χ1v) is 17.0. The first-order chi connectivity index (χ1) is 26.4. The fourth-order valence-electron chi connectivity index (χ4n) is 5.84. The number of Topliss-reactive ketones (excluding diaryl/α,β-unsaturated/α-hetero) is 1. The molecule has 0 N–H and O–H groups in total. The van der Waals surface area contributed by atoms with Crippen molar-refractivity contribution in [1.82, 2.24) is 0 Å². The van der Waals surface area contributed by atoms with E-state index in [2.05, 4.69) is 12.5 Å². The molecule has 0 fully saturated rings. The van der Waals surface area contributed by atoms with Gasteiger partial charge in [-0.3, -0.25) is 4.79 Å². The van der Waals surface area contributed by atoms with Crippen LogP contribution in [-0.2, 0) is 10.9 Å². The van der Waals surface area contributed by atoms with E-state index in [9.17, 15) is 57.5 Å². The molecular weight excluding hydrogens is 847 g/mol. The van der Waals surface area contributed by atoms with Gasteiger partial charge in [0.1, 0.15) is 52.7 Å². The molecule has 0 bridgehead atoms. The van der Waals surface area contributed by atoms with Gasteiger partial charge in [0.05, 0.1) is 12.5 Å². The number of hydrogen-bond donors (Lipinski definition) is 0. The van der Waals surface area contributed by atoms with Crippen molar-refractivity contribution in [3.05, 3.63) is 152 Å². The maximum absolute atomic E-state index is 15.4. The summed E-state index contributed by atoms with van der Waals surface area (Å²) in [6.07, 6.45) is -3.05. The summed E-state index contributed by atoms with van der Waals surface area (Å²) >= 11 is 0. The van der Waals surface area contributed by atoms with Crippen LogP contribution in [0.3, 0.4) is 0 Å². The van der Waals surface area contributed by atoms with Crippen molar-refractivity contribution in [2.45, 2.75) is 0 Å². The summed E-state index contributed by atoms with van der Waals surface area (Å²) in [6, 6.07) is 9.46. The molecule has 0 heterocycles. The van der Waals surface area contributed by atoms with Crippen LogP contribution in [0.15, 0.2) is 30.3 Å². The predicted octanol–water partition coefficient (Wildman–Crippen LogP) is 7.59. The van der Waals surface area contributed by atoms with Gasteiger partial charge in [-0.1, -0.05) is 30.3 Å². The fourth-order valence-corrected chi connectivity index (χ4v) is 6.53. The highest BCUT2D eigenvalue weighted by Gasteiger charge is 2.52. The molecule has 57 heavy (non-hydrogen) atoms. The average Bonchev–Trinajstić information content (AvgIpc) is 3.18. The highest BCUT2D eigenvalue weighted by atomic mass is 32.2. The molecule has 1 nitrogen and oxygen atoms in total. The van der Waals surface area contributed by atoms with Crippen LogP contribution in [0.25, 0.3) is 0 Å². The second-order valence-corrected chi connectivity index (χ2v) is 14.0. The predicted molar refractivity (Wildman–Crippen MR) is 164 cm³/mol. The number of rotatable bonds is 7. The molecule has 0 spiro atoms. The van der Waals surface area contributed by atoms with Crippen LogP contribution in [0.2, 0.25) is 0 Å². The lowest BCUT2D eigenvalue weighted by Crippen LogP contribution is -2.81. The number of carbonyl (C=O) groups is 1. The fraction of sp³-hybridized carbons (Fsp3) is 0.0882. The molecule has 0 saturated carbocycles. The van der Waals surface area contributed by atoms with Crippen LogP contribution >= 0.6 is 0 Å². The molecule has 304 valence electrons. The van der Waals surface area contributed by atoms with Crippen LogP contribution in [0, 0.1) is 116 Å². The normalized spacial score (nSPS) is 11.6. The van der Waals surface area contributed by atoms with Gasteiger partial charge in [-0.25, -0.2) is 87.8 Å². The summed E-state index contributed by atoms with van der Waals surface area (Å²) in [5.74, 6) is -70.5. The lowest BCUT2D eigenvalue weighted by Gasteiger charge is -2.44. The smallest absolute Gasteiger partial charge is 0.211 e. The third-order valence-corrected chi connectivity index (χ3v) is 9.06. The Morgan fingerprint density at radius 2 is 0.561 bits per heavy atom. The molecular formula is C34H13BF20OS. The molecule has 0 radical (unpaired) electrons.